The number of rotatable bonds is 5. The van der Waals surface area contributed by atoms with Gasteiger partial charge in [-0.3, -0.25) is 9.69 Å². The molecule has 4 atom stereocenters. The Morgan fingerprint density at radius 3 is 2.72 bits per heavy atom. The zero-order valence-electron chi connectivity index (χ0n) is 20.4. The summed E-state index contributed by atoms with van der Waals surface area (Å²) in [5.41, 5.74) is 0.521. The summed E-state index contributed by atoms with van der Waals surface area (Å²) in [5.74, 6) is -0.368. The number of benzene rings is 2. The van der Waals surface area contributed by atoms with E-state index in [1.807, 2.05) is 19.2 Å². The van der Waals surface area contributed by atoms with Gasteiger partial charge in [0.15, 0.2) is 11.5 Å². The minimum Gasteiger partial charge on any atom is -0.504 e. The van der Waals surface area contributed by atoms with Crippen molar-refractivity contribution in [3.8, 4) is 11.5 Å². The SMILES string of the molecule is C=CCN1CC[C@]23C[C@H](N(C)C(=O)Cc4ccc(Cl)c(Cl)c4)CC[C@@]2(O)[C@H]1Cc1ccc(O)c(O)c13. The molecule has 2 aliphatic carbocycles. The Bertz CT molecular complexity index is 1220. The third-order valence-corrected chi connectivity index (χ3v) is 9.61. The normalized spacial score (nSPS) is 29.2. The Balaban J connectivity index is 1.49. The number of phenolic OH excluding ortho intramolecular Hbond substituents is 2. The van der Waals surface area contributed by atoms with Gasteiger partial charge in [0.2, 0.25) is 5.91 Å². The fourth-order valence-corrected chi connectivity index (χ4v) is 7.37. The van der Waals surface area contributed by atoms with Crippen molar-refractivity contribution >= 4 is 29.1 Å². The van der Waals surface area contributed by atoms with Gasteiger partial charge in [0.1, 0.15) is 0 Å². The summed E-state index contributed by atoms with van der Waals surface area (Å²) in [4.78, 5) is 17.4. The van der Waals surface area contributed by atoms with Gasteiger partial charge in [-0.25, -0.2) is 0 Å². The highest BCUT2D eigenvalue weighted by atomic mass is 35.5. The summed E-state index contributed by atoms with van der Waals surface area (Å²) < 4.78 is 0. The van der Waals surface area contributed by atoms with E-state index >= 15 is 0 Å². The fraction of sp³-hybridized carbons (Fsp3) is 0.464. The molecule has 2 aromatic rings. The number of hydrogen-bond donors (Lipinski definition) is 3. The molecule has 2 fully saturated rings. The lowest BCUT2D eigenvalue weighted by atomic mass is 9.48. The second kappa shape index (κ2) is 9.25. The first-order valence-electron chi connectivity index (χ1n) is 12.4. The number of phenols is 2. The molecule has 6 nitrogen and oxygen atoms in total. The molecule has 1 saturated heterocycles. The van der Waals surface area contributed by atoms with Crippen LogP contribution in [0.4, 0.5) is 0 Å². The molecule has 0 aromatic heterocycles. The predicted octanol–water partition coefficient (Wildman–Crippen LogP) is 4.44. The number of carbonyl (C=O) groups is 1. The van der Waals surface area contributed by atoms with Crippen LogP contribution in [-0.2, 0) is 23.1 Å². The minimum atomic E-state index is -1.09. The molecule has 3 aliphatic rings. The molecule has 0 unspecified atom stereocenters. The van der Waals surface area contributed by atoms with Crippen molar-refractivity contribution < 1.29 is 20.1 Å². The first-order chi connectivity index (χ1) is 17.1. The molecule has 192 valence electrons. The maximum Gasteiger partial charge on any atom is 0.226 e. The van der Waals surface area contributed by atoms with E-state index in [0.29, 0.717) is 54.3 Å². The highest BCUT2D eigenvalue weighted by molar-refractivity contribution is 6.42. The Labute approximate surface area is 221 Å². The lowest BCUT2D eigenvalue weighted by molar-refractivity contribution is -0.176. The highest BCUT2D eigenvalue weighted by Gasteiger charge is 2.65. The van der Waals surface area contributed by atoms with Crippen LogP contribution in [-0.4, -0.2) is 68.8 Å². The molecule has 0 radical (unpaired) electrons. The number of carbonyl (C=O) groups excluding carboxylic acids is 1. The number of likely N-dealkylation sites (N-methyl/N-ethyl adjacent to an activating group) is 1. The predicted molar refractivity (Wildman–Crippen MR) is 141 cm³/mol. The van der Waals surface area contributed by atoms with Gasteiger partial charge in [0, 0.05) is 36.7 Å². The van der Waals surface area contributed by atoms with Crippen LogP contribution in [0, 0.1) is 0 Å². The van der Waals surface area contributed by atoms with Gasteiger partial charge in [-0.15, -0.1) is 6.58 Å². The number of halogens is 2. The van der Waals surface area contributed by atoms with Crippen LogP contribution in [0.1, 0.15) is 42.4 Å². The van der Waals surface area contributed by atoms with Gasteiger partial charge in [-0.05, 0) is 68.0 Å². The standard InChI is InChI=1S/C28H32Cl2N2O4/c1-3-11-32-12-10-27-16-19(31(2)24(34)14-17-4-6-20(29)21(30)13-17)8-9-28(27,36)23(32)15-18-5-7-22(33)26(35)25(18)27/h3-7,13,19,23,33,35-36H,1,8-12,14-16H2,2H3/t19-,23-,27-,28-/m1/s1. The summed E-state index contributed by atoms with van der Waals surface area (Å²) >= 11 is 12.2. The van der Waals surface area contributed by atoms with E-state index < -0.39 is 11.0 Å². The van der Waals surface area contributed by atoms with Crippen LogP contribution in [0.5, 0.6) is 11.5 Å². The number of aliphatic hydroxyl groups is 1. The van der Waals surface area contributed by atoms with Crippen LogP contribution >= 0.6 is 23.2 Å². The number of fused-ring (bicyclic) bond motifs is 1. The minimum absolute atomic E-state index is 0.0444. The number of hydrogen-bond acceptors (Lipinski definition) is 5. The molecule has 1 aliphatic heterocycles. The molecule has 0 spiro atoms. The largest absolute Gasteiger partial charge is 0.504 e. The maximum atomic E-state index is 13.3. The van der Waals surface area contributed by atoms with Crippen molar-refractivity contribution in [1.82, 2.24) is 9.80 Å². The zero-order chi connectivity index (χ0) is 25.8. The second-order valence-electron chi connectivity index (χ2n) is 10.6. The Kier molecular flexibility index (Phi) is 6.53. The van der Waals surface area contributed by atoms with E-state index in [0.717, 1.165) is 17.7 Å². The van der Waals surface area contributed by atoms with Crippen molar-refractivity contribution in [3.05, 3.63) is 69.7 Å². The van der Waals surface area contributed by atoms with E-state index in [-0.39, 0.29) is 35.9 Å². The summed E-state index contributed by atoms with van der Waals surface area (Å²) in [7, 11) is 1.81. The van der Waals surface area contributed by atoms with Crippen LogP contribution < -0.4 is 0 Å². The molecule has 2 bridgehead atoms. The number of amides is 1. The third-order valence-electron chi connectivity index (χ3n) is 8.87. The van der Waals surface area contributed by atoms with Crippen molar-refractivity contribution in [2.24, 2.45) is 0 Å². The van der Waals surface area contributed by atoms with Gasteiger partial charge in [0.05, 0.1) is 22.1 Å². The monoisotopic (exact) mass is 530 g/mol. The molecule has 5 rings (SSSR count). The highest BCUT2D eigenvalue weighted by Crippen LogP contribution is 2.61. The molecular formula is C28H32Cl2N2O4. The van der Waals surface area contributed by atoms with E-state index in [2.05, 4.69) is 11.5 Å². The fourth-order valence-electron chi connectivity index (χ4n) is 7.05. The smallest absolute Gasteiger partial charge is 0.226 e. The maximum absolute atomic E-state index is 13.3. The zero-order valence-corrected chi connectivity index (χ0v) is 21.9. The second-order valence-corrected chi connectivity index (χ2v) is 11.4. The summed E-state index contributed by atoms with van der Waals surface area (Å²) in [6.45, 7) is 5.31. The Hall–Kier alpha value is -2.25. The number of aromatic hydroxyl groups is 2. The third kappa shape index (κ3) is 3.81. The topological polar surface area (TPSA) is 84.2 Å². The summed E-state index contributed by atoms with van der Waals surface area (Å²) in [6.07, 6.45) is 4.91. The van der Waals surface area contributed by atoms with Crippen molar-refractivity contribution in [3.63, 3.8) is 0 Å². The summed E-state index contributed by atoms with van der Waals surface area (Å²) in [5, 5.41) is 34.7. The van der Waals surface area contributed by atoms with Gasteiger partial charge < -0.3 is 20.2 Å². The van der Waals surface area contributed by atoms with Crippen LogP contribution in [0.2, 0.25) is 10.0 Å². The van der Waals surface area contributed by atoms with E-state index in [1.54, 1.807) is 23.1 Å². The average Bonchev–Trinajstić information content (AvgIpc) is 2.84. The number of piperidine rings is 1. The van der Waals surface area contributed by atoms with Gasteiger partial charge in [-0.2, -0.15) is 0 Å². The van der Waals surface area contributed by atoms with Crippen LogP contribution in [0.25, 0.3) is 0 Å². The number of nitrogens with zero attached hydrogens (tertiary/aromatic N) is 2. The van der Waals surface area contributed by atoms with Crippen LogP contribution in [0.3, 0.4) is 0 Å². The molecule has 1 heterocycles. The van der Waals surface area contributed by atoms with Gasteiger partial charge in [-0.1, -0.05) is 41.4 Å². The molecule has 36 heavy (non-hydrogen) atoms. The molecule has 1 saturated carbocycles. The van der Waals surface area contributed by atoms with Crippen molar-refractivity contribution in [2.45, 2.75) is 61.6 Å². The number of likely N-dealkylation sites (tertiary alicyclic amines) is 1. The first-order valence-corrected chi connectivity index (χ1v) is 13.2. The Morgan fingerprint density at radius 1 is 1.22 bits per heavy atom. The van der Waals surface area contributed by atoms with Crippen molar-refractivity contribution in [1.29, 1.82) is 0 Å². The van der Waals surface area contributed by atoms with E-state index in [9.17, 15) is 20.1 Å². The lowest BCUT2D eigenvalue weighted by Gasteiger charge is -2.65. The summed E-state index contributed by atoms with van der Waals surface area (Å²) in [6, 6.07) is 8.34. The van der Waals surface area contributed by atoms with Crippen LogP contribution in [0.15, 0.2) is 43.0 Å². The molecule has 2 aromatic carbocycles. The average molecular weight is 531 g/mol. The molecule has 1 amide bonds. The van der Waals surface area contributed by atoms with Gasteiger partial charge in [0.25, 0.3) is 0 Å². The van der Waals surface area contributed by atoms with E-state index in [4.69, 9.17) is 23.2 Å². The first kappa shape index (κ1) is 25.4. The molecular weight excluding hydrogens is 499 g/mol. The van der Waals surface area contributed by atoms with Gasteiger partial charge >= 0.3 is 0 Å². The molecule has 3 N–H and O–H groups in total. The molecule has 8 heteroatoms. The Morgan fingerprint density at radius 2 is 2.00 bits per heavy atom. The van der Waals surface area contributed by atoms with E-state index in [1.165, 1.54) is 6.07 Å². The lowest BCUT2D eigenvalue weighted by Crippen LogP contribution is -2.74. The quantitative estimate of drug-likeness (QED) is 0.393. The van der Waals surface area contributed by atoms with Crippen molar-refractivity contribution in [2.75, 3.05) is 20.1 Å².